The molecule has 0 aliphatic heterocycles. The van der Waals surface area contributed by atoms with Crippen LogP contribution in [-0.2, 0) is 6.61 Å². The van der Waals surface area contributed by atoms with Gasteiger partial charge in [-0.05, 0) is 60.9 Å². The summed E-state index contributed by atoms with van der Waals surface area (Å²) in [6.07, 6.45) is 3.41. The van der Waals surface area contributed by atoms with E-state index in [0.717, 1.165) is 22.1 Å². The molecule has 1 atom stereocenters. The molecule has 2 heterocycles. The van der Waals surface area contributed by atoms with Crippen LogP contribution in [0.4, 0.5) is 5.82 Å². The van der Waals surface area contributed by atoms with Gasteiger partial charge in [0.2, 0.25) is 0 Å². The molecule has 3 aromatic carbocycles. The monoisotopic (exact) mass is 525 g/mol. The summed E-state index contributed by atoms with van der Waals surface area (Å²) >= 11 is 6.81. The van der Waals surface area contributed by atoms with E-state index in [1.165, 1.54) is 0 Å². The molecule has 0 spiro atoms. The molecule has 0 amide bonds. The van der Waals surface area contributed by atoms with Gasteiger partial charge in [-0.25, -0.2) is 4.98 Å². The third kappa shape index (κ3) is 5.50. The number of hydrogen-bond acceptors (Lipinski definition) is 6. The third-order valence-electron chi connectivity index (χ3n) is 6.19. The van der Waals surface area contributed by atoms with Crippen molar-refractivity contribution in [1.82, 2.24) is 9.97 Å². The fourth-order valence-electron chi connectivity index (χ4n) is 4.37. The Labute approximate surface area is 226 Å². The Kier molecular flexibility index (Phi) is 7.61. The van der Waals surface area contributed by atoms with Crippen molar-refractivity contribution in [3.63, 3.8) is 0 Å². The van der Waals surface area contributed by atoms with Gasteiger partial charge in [0.15, 0.2) is 11.5 Å². The van der Waals surface area contributed by atoms with Crippen LogP contribution in [0.15, 0.2) is 91.3 Å². The highest BCUT2D eigenvalue weighted by atomic mass is 35.5. The van der Waals surface area contributed by atoms with Gasteiger partial charge in [-0.3, -0.25) is 4.98 Å². The molecule has 2 N–H and O–H groups in total. The molecule has 2 aromatic heterocycles. The predicted octanol–water partition coefficient (Wildman–Crippen LogP) is 7.48. The average Bonchev–Trinajstić information content (AvgIpc) is 2.93. The number of halogens is 1. The number of fused-ring (bicyclic) bond motifs is 1. The number of phenolic OH excluding ortho intramolecular Hbond substituents is 1. The maximum atomic E-state index is 11.3. The van der Waals surface area contributed by atoms with Crippen LogP contribution in [0.25, 0.3) is 10.9 Å². The quantitative estimate of drug-likeness (QED) is 0.208. The Morgan fingerprint density at radius 3 is 2.55 bits per heavy atom. The first kappa shape index (κ1) is 25.4. The fraction of sp³-hybridized carbons (Fsp3) is 0.161. The van der Waals surface area contributed by atoms with E-state index < -0.39 is 6.04 Å². The molecule has 5 aromatic rings. The summed E-state index contributed by atoms with van der Waals surface area (Å²) in [5.41, 5.74) is 4.01. The van der Waals surface area contributed by atoms with Crippen LogP contribution >= 0.6 is 11.6 Å². The molecule has 0 aliphatic carbocycles. The molecule has 7 heteroatoms. The molecule has 5 rings (SSSR count). The Morgan fingerprint density at radius 2 is 1.76 bits per heavy atom. The van der Waals surface area contributed by atoms with Crippen LogP contribution in [0.5, 0.6) is 17.2 Å². The summed E-state index contributed by atoms with van der Waals surface area (Å²) in [5, 5.41) is 16.0. The van der Waals surface area contributed by atoms with Gasteiger partial charge in [-0.2, -0.15) is 0 Å². The van der Waals surface area contributed by atoms with Crippen LogP contribution < -0.4 is 14.8 Å². The first-order chi connectivity index (χ1) is 18.5. The van der Waals surface area contributed by atoms with Gasteiger partial charge in [-0.15, -0.1) is 0 Å². The lowest BCUT2D eigenvalue weighted by molar-refractivity contribution is 0.269. The number of pyridine rings is 2. The molecule has 0 bridgehead atoms. The zero-order chi connectivity index (χ0) is 26.5. The highest BCUT2D eigenvalue weighted by Gasteiger charge is 2.24. The Hall–Kier alpha value is -4.29. The SMILES string of the molecule is CCOc1cc([C@@H](Nc2cc(C)ccn2)c2ccc3cccnc3c2O)cc(Cl)c1OCc1ccccc1. The number of nitrogens with zero attached hydrogens (tertiary/aromatic N) is 2. The number of hydrogen-bond donors (Lipinski definition) is 2. The second kappa shape index (κ2) is 11.4. The van der Waals surface area contributed by atoms with Crippen molar-refractivity contribution in [2.45, 2.75) is 26.5 Å². The fourth-order valence-corrected chi connectivity index (χ4v) is 4.64. The summed E-state index contributed by atoms with van der Waals surface area (Å²) in [4.78, 5) is 8.89. The van der Waals surface area contributed by atoms with Crippen LogP contribution in [0.3, 0.4) is 0 Å². The van der Waals surface area contributed by atoms with E-state index in [1.54, 1.807) is 12.4 Å². The molecule has 38 heavy (non-hydrogen) atoms. The van der Waals surface area contributed by atoms with Gasteiger partial charge >= 0.3 is 0 Å². The normalized spacial score (nSPS) is 11.8. The third-order valence-corrected chi connectivity index (χ3v) is 6.47. The van der Waals surface area contributed by atoms with Gasteiger partial charge < -0.3 is 19.9 Å². The van der Waals surface area contributed by atoms with E-state index in [-0.39, 0.29) is 5.75 Å². The molecule has 0 aliphatic rings. The van der Waals surface area contributed by atoms with Crippen molar-refractivity contribution in [3.8, 4) is 17.2 Å². The number of benzene rings is 3. The van der Waals surface area contributed by atoms with Gasteiger partial charge in [0.25, 0.3) is 0 Å². The lowest BCUT2D eigenvalue weighted by Gasteiger charge is -2.24. The van der Waals surface area contributed by atoms with E-state index in [2.05, 4.69) is 15.3 Å². The zero-order valence-electron chi connectivity index (χ0n) is 21.2. The van der Waals surface area contributed by atoms with E-state index >= 15 is 0 Å². The highest BCUT2D eigenvalue weighted by molar-refractivity contribution is 6.32. The topological polar surface area (TPSA) is 76.5 Å². The number of aryl methyl sites for hydroxylation is 1. The molecular formula is C31H28ClN3O3. The molecule has 0 saturated carbocycles. The van der Waals surface area contributed by atoms with Crippen molar-refractivity contribution in [2.75, 3.05) is 11.9 Å². The molecule has 0 saturated heterocycles. The second-order valence-electron chi connectivity index (χ2n) is 8.91. The van der Waals surface area contributed by atoms with Crippen LogP contribution in [-0.4, -0.2) is 21.7 Å². The maximum Gasteiger partial charge on any atom is 0.180 e. The number of anilines is 1. The van der Waals surface area contributed by atoms with Crippen molar-refractivity contribution < 1.29 is 14.6 Å². The lowest BCUT2D eigenvalue weighted by atomic mass is 9.95. The molecule has 0 unspecified atom stereocenters. The van der Waals surface area contributed by atoms with Crippen molar-refractivity contribution >= 4 is 28.3 Å². The first-order valence-corrected chi connectivity index (χ1v) is 12.8. The van der Waals surface area contributed by atoms with Crippen LogP contribution in [0, 0.1) is 6.92 Å². The minimum atomic E-state index is -0.504. The molecule has 0 radical (unpaired) electrons. The van der Waals surface area contributed by atoms with E-state index in [0.29, 0.717) is 46.6 Å². The Balaban J connectivity index is 1.59. The molecular weight excluding hydrogens is 498 g/mol. The second-order valence-corrected chi connectivity index (χ2v) is 9.32. The highest BCUT2D eigenvalue weighted by Crippen LogP contribution is 2.43. The number of aromatic nitrogens is 2. The number of aromatic hydroxyl groups is 1. The standard InChI is InChI=1S/C31H28ClN3O3/c1-3-37-26-18-23(17-25(32)31(26)38-19-21-8-5-4-6-9-21)28(35-27-16-20(2)13-15-33-27)24-12-11-22-10-7-14-34-29(22)30(24)36/h4-18,28,36H,3,19H2,1-2H3,(H,33,35)/t28-/m1/s1. The summed E-state index contributed by atoms with van der Waals surface area (Å²) < 4.78 is 12.1. The van der Waals surface area contributed by atoms with Crippen molar-refractivity contribution in [2.24, 2.45) is 0 Å². The minimum absolute atomic E-state index is 0.0896. The van der Waals surface area contributed by atoms with Gasteiger partial charge in [0.05, 0.1) is 17.7 Å². The maximum absolute atomic E-state index is 11.3. The van der Waals surface area contributed by atoms with E-state index in [4.69, 9.17) is 21.1 Å². The summed E-state index contributed by atoms with van der Waals surface area (Å²) in [7, 11) is 0. The van der Waals surface area contributed by atoms with Gasteiger partial charge in [-0.1, -0.05) is 60.1 Å². The van der Waals surface area contributed by atoms with Gasteiger partial charge in [0, 0.05) is 23.3 Å². The number of phenols is 1. The van der Waals surface area contributed by atoms with E-state index in [1.807, 2.05) is 92.7 Å². The predicted molar refractivity (Wildman–Crippen MR) is 151 cm³/mol. The molecule has 6 nitrogen and oxygen atoms in total. The first-order valence-electron chi connectivity index (χ1n) is 12.4. The summed E-state index contributed by atoms with van der Waals surface area (Å²) in [6.45, 7) is 4.70. The molecule has 0 fully saturated rings. The number of ether oxygens (including phenoxy) is 2. The van der Waals surface area contributed by atoms with Crippen LogP contribution in [0.2, 0.25) is 5.02 Å². The van der Waals surface area contributed by atoms with Gasteiger partial charge in [0.1, 0.15) is 23.7 Å². The Morgan fingerprint density at radius 1 is 0.921 bits per heavy atom. The lowest BCUT2D eigenvalue weighted by Crippen LogP contribution is -2.14. The zero-order valence-corrected chi connectivity index (χ0v) is 21.9. The number of nitrogens with one attached hydrogen (secondary N) is 1. The summed E-state index contributed by atoms with van der Waals surface area (Å²) in [5.74, 6) is 1.74. The van der Waals surface area contributed by atoms with Crippen LogP contribution in [0.1, 0.15) is 35.2 Å². The van der Waals surface area contributed by atoms with Crippen molar-refractivity contribution in [1.29, 1.82) is 0 Å². The largest absolute Gasteiger partial charge is 0.505 e. The average molecular weight is 526 g/mol. The summed E-state index contributed by atoms with van der Waals surface area (Å²) in [6, 6.07) is 24.6. The van der Waals surface area contributed by atoms with Crippen molar-refractivity contribution in [3.05, 3.63) is 119 Å². The smallest absolute Gasteiger partial charge is 0.180 e. The minimum Gasteiger partial charge on any atom is -0.505 e. The number of rotatable bonds is 9. The Bertz CT molecular complexity index is 1560. The van der Waals surface area contributed by atoms with E-state index in [9.17, 15) is 5.11 Å². The molecule has 192 valence electrons.